The van der Waals surface area contributed by atoms with Crippen LogP contribution in [0.3, 0.4) is 0 Å². The van der Waals surface area contributed by atoms with Crippen LogP contribution in [-0.2, 0) is 4.74 Å². The monoisotopic (exact) mass is 471 g/mol. The Morgan fingerprint density at radius 3 is 2.29 bits per heavy atom. The van der Waals surface area contributed by atoms with Crippen LogP contribution in [0.2, 0.25) is 10.0 Å². The zero-order valence-corrected chi connectivity index (χ0v) is 18.1. The van der Waals surface area contributed by atoms with Crippen LogP contribution >= 0.6 is 23.2 Å². The molecule has 10 heteroatoms. The maximum absolute atomic E-state index is 13.0. The lowest BCUT2D eigenvalue weighted by molar-refractivity contribution is -0.0494. The van der Waals surface area contributed by atoms with E-state index in [1.807, 2.05) is 13.8 Å². The van der Waals surface area contributed by atoms with Gasteiger partial charge < -0.3 is 19.2 Å². The minimum absolute atomic E-state index is 0.0187. The predicted molar refractivity (Wildman–Crippen MR) is 113 cm³/mol. The average Bonchev–Trinajstić information content (AvgIpc) is 3.15. The Morgan fingerprint density at radius 1 is 1.10 bits per heavy atom. The number of carbonyl (C=O) groups excluding carboxylic acids is 2. The molecule has 0 bridgehead atoms. The van der Waals surface area contributed by atoms with Crippen molar-refractivity contribution in [2.75, 3.05) is 12.4 Å². The van der Waals surface area contributed by atoms with Crippen LogP contribution in [-0.4, -0.2) is 25.6 Å². The van der Waals surface area contributed by atoms with Gasteiger partial charge in [0.25, 0.3) is 5.91 Å². The number of nitrogens with one attached hydrogen (secondary N) is 1. The Balaban J connectivity index is 2.02. The third-order valence-corrected chi connectivity index (χ3v) is 4.99. The molecule has 0 aliphatic heterocycles. The number of furan rings is 1. The lowest BCUT2D eigenvalue weighted by Gasteiger charge is -2.12. The molecule has 164 valence electrons. The van der Waals surface area contributed by atoms with Gasteiger partial charge in [0.15, 0.2) is 11.3 Å². The zero-order valence-electron chi connectivity index (χ0n) is 16.6. The minimum Gasteiger partial charge on any atom is -0.465 e. The Labute approximate surface area is 186 Å². The summed E-state index contributed by atoms with van der Waals surface area (Å²) < 4.78 is 40.3. The highest BCUT2D eigenvalue weighted by Gasteiger charge is 2.22. The first-order chi connectivity index (χ1) is 14.6. The van der Waals surface area contributed by atoms with E-state index in [4.69, 9.17) is 27.6 Å². The summed E-state index contributed by atoms with van der Waals surface area (Å²) in [6, 6.07) is 6.76. The number of fused-ring (bicyclic) bond motifs is 1. The van der Waals surface area contributed by atoms with Gasteiger partial charge in [-0.25, -0.2) is 4.79 Å². The molecule has 1 aromatic heterocycles. The molecule has 0 spiro atoms. The lowest BCUT2D eigenvalue weighted by atomic mass is 10.1. The molecule has 0 atom stereocenters. The highest BCUT2D eigenvalue weighted by molar-refractivity contribution is 6.40. The smallest absolute Gasteiger partial charge is 0.387 e. The maximum Gasteiger partial charge on any atom is 0.387 e. The third-order valence-electron chi connectivity index (χ3n) is 4.40. The first-order valence-corrected chi connectivity index (χ1v) is 9.78. The number of amides is 1. The summed E-state index contributed by atoms with van der Waals surface area (Å²) in [4.78, 5) is 24.7. The molecule has 3 aromatic rings. The van der Waals surface area contributed by atoms with E-state index in [-0.39, 0.29) is 49.5 Å². The van der Waals surface area contributed by atoms with Gasteiger partial charge in [0.1, 0.15) is 5.76 Å². The molecule has 0 fully saturated rings. The molecule has 6 nitrogen and oxygen atoms in total. The number of methoxy groups -OCH3 is 1. The van der Waals surface area contributed by atoms with E-state index in [9.17, 15) is 18.4 Å². The van der Waals surface area contributed by atoms with Crippen molar-refractivity contribution >= 4 is 51.7 Å². The molecule has 2 aromatic carbocycles. The summed E-state index contributed by atoms with van der Waals surface area (Å²) in [6.07, 6.45) is 0. The van der Waals surface area contributed by atoms with Crippen LogP contribution in [0.4, 0.5) is 14.5 Å². The van der Waals surface area contributed by atoms with Crippen molar-refractivity contribution in [3.63, 3.8) is 0 Å². The summed E-state index contributed by atoms with van der Waals surface area (Å²) in [7, 11) is 1.21. The van der Waals surface area contributed by atoms with Gasteiger partial charge in [-0.1, -0.05) is 37.0 Å². The molecule has 1 heterocycles. The number of ether oxygens (including phenoxy) is 2. The Hall–Kier alpha value is -2.84. The fraction of sp³-hybridized carbons (Fsp3) is 0.238. The van der Waals surface area contributed by atoms with E-state index in [0.29, 0.717) is 5.76 Å². The molecule has 31 heavy (non-hydrogen) atoms. The SMILES string of the molecule is COC(=O)c1cc(Cl)c(NC(=O)c2ccc(OC(F)F)c3oc(C(C)C)cc23)c(Cl)c1. The molecule has 0 radical (unpaired) electrons. The quantitative estimate of drug-likeness (QED) is 0.415. The molecule has 1 amide bonds. The van der Waals surface area contributed by atoms with Crippen LogP contribution < -0.4 is 10.1 Å². The standard InChI is InChI=1S/C21H17Cl2F2NO5/c1-9(2)16-8-12-11(4-5-15(18(12)30-16)31-21(24)25)19(27)26-17-13(22)6-10(7-14(17)23)20(28)29-3/h4-9,21H,1-3H3,(H,26,27). The Kier molecular flexibility index (Phi) is 6.71. The number of alkyl halides is 2. The molecule has 0 aliphatic carbocycles. The topological polar surface area (TPSA) is 77.8 Å². The Morgan fingerprint density at radius 2 is 1.74 bits per heavy atom. The van der Waals surface area contributed by atoms with Gasteiger partial charge in [-0.05, 0) is 30.3 Å². The molecule has 3 rings (SSSR count). The molecule has 0 unspecified atom stereocenters. The van der Waals surface area contributed by atoms with E-state index in [1.165, 1.54) is 31.4 Å². The zero-order chi connectivity index (χ0) is 22.9. The van der Waals surface area contributed by atoms with Crippen molar-refractivity contribution in [2.45, 2.75) is 26.4 Å². The summed E-state index contributed by atoms with van der Waals surface area (Å²) in [5.41, 5.74) is 0.351. The summed E-state index contributed by atoms with van der Waals surface area (Å²) in [5, 5.41) is 2.91. The molecular formula is C21H17Cl2F2NO5. The van der Waals surface area contributed by atoms with Crippen molar-refractivity contribution in [3.05, 3.63) is 57.3 Å². The Bertz CT molecular complexity index is 1140. The fourth-order valence-electron chi connectivity index (χ4n) is 2.90. The third kappa shape index (κ3) is 4.75. The number of benzene rings is 2. The number of carbonyl (C=O) groups is 2. The number of hydrogen-bond acceptors (Lipinski definition) is 5. The number of esters is 1. The van der Waals surface area contributed by atoms with Gasteiger partial charge in [0, 0.05) is 11.3 Å². The highest BCUT2D eigenvalue weighted by Crippen LogP contribution is 2.37. The second-order valence-corrected chi connectivity index (χ2v) is 7.61. The number of hydrogen-bond donors (Lipinski definition) is 1. The normalized spacial score (nSPS) is 11.3. The predicted octanol–water partition coefficient (Wildman–Crippen LogP) is 6.50. The first kappa shape index (κ1) is 22.8. The maximum atomic E-state index is 13.0. The van der Waals surface area contributed by atoms with E-state index in [1.54, 1.807) is 6.07 Å². The van der Waals surface area contributed by atoms with Crippen LogP contribution in [0.1, 0.15) is 46.2 Å². The van der Waals surface area contributed by atoms with Crippen LogP contribution in [0.15, 0.2) is 34.7 Å². The van der Waals surface area contributed by atoms with E-state index >= 15 is 0 Å². The van der Waals surface area contributed by atoms with Crippen molar-refractivity contribution in [2.24, 2.45) is 0 Å². The number of anilines is 1. The average molecular weight is 472 g/mol. The fourth-order valence-corrected chi connectivity index (χ4v) is 3.48. The molecule has 0 saturated carbocycles. The van der Waals surface area contributed by atoms with Gasteiger partial charge in [0.2, 0.25) is 0 Å². The first-order valence-electron chi connectivity index (χ1n) is 9.02. The summed E-state index contributed by atoms with van der Waals surface area (Å²) >= 11 is 12.4. The van der Waals surface area contributed by atoms with Crippen LogP contribution in [0, 0.1) is 0 Å². The van der Waals surface area contributed by atoms with Crippen molar-refractivity contribution in [1.29, 1.82) is 0 Å². The van der Waals surface area contributed by atoms with E-state index in [0.717, 1.165) is 0 Å². The van der Waals surface area contributed by atoms with Gasteiger partial charge in [-0.3, -0.25) is 4.79 Å². The van der Waals surface area contributed by atoms with Gasteiger partial charge in [-0.2, -0.15) is 8.78 Å². The second kappa shape index (κ2) is 9.11. The van der Waals surface area contributed by atoms with Gasteiger partial charge in [0.05, 0.1) is 34.0 Å². The molecule has 0 aliphatic rings. The summed E-state index contributed by atoms with van der Waals surface area (Å²) in [6.45, 7) is 0.655. The van der Waals surface area contributed by atoms with E-state index in [2.05, 4.69) is 14.8 Å². The lowest BCUT2D eigenvalue weighted by Crippen LogP contribution is -2.14. The number of rotatable bonds is 6. The minimum atomic E-state index is -3.05. The van der Waals surface area contributed by atoms with Crippen molar-refractivity contribution in [1.82, 2.24) is 0 Å². The molecule has 0 saturated heterocycles. The van der Waals surface area contributed by atoms with Crippen molar-refractivity contribution < 1.29 is 32.3 Å². The van der Waals surface area contributed by atoms with Crippen LogP contribution in [0.25, 0.3) is 11.0 Å². The summed E-state index contributed by atoms with van der Waals surface area (Å²) in [5.74, 6) is -1.01. The van der Waals surface area contributed by atoms with E-state index < -0.39 is 18.5 Å². The van der Waals surface area contributed by atoms with Crippen molar-refractivity contribution in [3.8, 4) is 5.75 Å². The molecule has 1 N–H and O–H groups in total. The highest BCUT2D eigenvalue weighted by atomic mass is 35.5. The second-order valence-electron chi connectivity index (χ2n) is 6.80. The largest absolute Gasteiger partial charge is 0.465 e. The van der Waals surface area contributed by atoms with Gasteiger partial charge >= 0.3 is 12.6 Å². The number of halogens is 4. The van der Waals surface area contributed by atoms with Crippen LogP contribution in [0.5, 0.6) is 5.75 Å². The van der Waals surface area contributed by atoms with Gasteiger partial charge in [-0.15, -0.1) is 0 Å². The molecular weight excluding hydrogens is 455 g/mol.